The van der Waals surface area contributed by atoms with Crippen LogP contribution in [-0.4, -0.2) is 41.0 Å². The Morgan fingerprint density at radius 1 is 1.42 bits per heavy atom. The van der Waals surface area contributed by atoms with Crippen LogP contribution >= 0.6 is 0 Å². The van der Waals surface area contributed by atoms with Crippen LogP contribution in [0.25, 0.3) is 11.1 Å². The normalized spacial score (nSPS) is 18.7. The average Bonchev–Trinajstić information content (AvgIpc) is 2.80. The molecule has 0 saturated carbocycles. The van der Waals surface area contributed by atoms with Crippen LogP contribution in [-0.2, 0) is 0 Å². The van der Waals surface area contributed by atoms with Gasteiger partial charge in [0.15, 0.2) is 5.58 Å². The molecule has 1 aliphatic rings. The molecule has 0 spiro atoms. The van der Waals surface area contributed by atoms with Gasteiger partial charge in [-0.2, -0.15) is 4.65 Å². The first-order valence-electron chi connectivity index (χ1n) is 6.21. The number of hydrogen-bond donors (Lipinski definition) is 2. The van der Waals surface area contributed by atoms with Crippen molar-refractivity contribution >= 4 is 16.8 Å². The number of rotatable bonds is 2. The summed E-state index contributed by atoms with van der Waals surface area (Å²) in [6.07, 6.45) is 1.55. The maximum atomic E-state index is 11.3. The number of nitrogens with zero attached hydrogens (tertiary/aromatic N) is 2. The Morgan fingerprint density at radius 3 is 2.84 bits per heavy atom. The molecule has 2 aromatic rings. The first-order chi connectivity index (χ1) is 9.11. The van der Waals surface area contributed by atoms with Crippen molar-refractivity contribution in [2.45, 2.75) is 0 Å². The second-order valence-electron chi connectivity index (χ2n) is 4.77. The Kier molecular flexibility index (Phi) is 2.69. The predicted molar refractivity (Wildman–Crippen MR) is 71.0 cm³/mol. The fourth-order valence-electron chi connectivity index (χ4n) is 2.44. The SMILES string of the molecule is C=C[N+]1(O)CCN(c2cccc3[nH]c(=O)oc23)CC1. The summed E-state index contributed by atoms with van der Waals surface area (Å²) in [5, 5.41) is 10.1. The summed E-state index contributed by atoms with van der Waals surface area (Å²) in [5.41, 5.74) is 2.15. The Labute approximate surface area is 109 Å². The van der Waals surface area contributed by atoms with Gasteiger partial charge in [-0.15, -0.1) is 0 Å². The number of nitrogens with one attached hydrogen (secondary N) is 1. The predicted octanol–water partition coefficient (Wildman–Crippen LogP) is 1.29. The van der Waals surface area contributed by atoms with Gasteiger partial charge in [0.2, 0.25) is 0 Å². The van der Waals surface area contributed by atoms with E-state index in [0.29, 0.717) is 37.3 Å². The lowest BCUT2D eigenvalue weighted by Crippen LogP contribution is -2.54. The lowest BCUT2D eigenvalue weighted by molar-refractivity contribution is -1.06. The maximum Gasteiger partial charge on any atom is 0.417 e. The number of piperazine rings is 1. The Morgan fingerprint density at radius 2 is 2.16 bits per heavy atom. The second kappa shape index (κ2) is 4.25. The standard InChI is InChI=1S/C13H15N3O3/c1-2-16(18)8-6-15(7-9-16)11-5-3-4-10-12(11)19-13(17)14-10/h2-5,18H,1,6-9H2/p+1. The van der Waals surface area contributed by atoms with Crippen LogP contribution in [0.15, 0.2) is 40.2 Å². The highest BCUT2D eigenvalue weighted by Gasteiger charge is 2.30. The van der Waals surface area contributed by atoms with Crippen molar-refractivity contribution in [1.82, 2.24) is 4.98 Å². The van der Waals surface area contributed by atoms with Crippen LogP contribution in [0.4, 0.5) is 5.69 Å². The van der Waals surface area contributed by atoms with Crippen molar-refractivity contribution in [3.63, 3.8) is 0 Å². The lowest BCUT2D eigenvalue weighted by Gasteiger charge is -2.36. The zero-order valence-electron chi connectivity index (χ0n) is 10.5. The average molecular weight is 262 g/mol. The number of hydroxylamine groups is 3. The van der Waals surface area contributed by atoms with E-state index < -0.39 is 5.76 Å². The van der Waals surface area contributed by atoms with Gasteiger partial charge in [-0.1, -0.05) is 6.07 Å². The van der Waals surface area contributed by atoms with E-state index in [1.807, 2.05) is 18.2 Å². The lowest BCUT2D eigenvalue weighted by atomic mass is 10.2. The minimum absolute atomic E-state index is 0.121. The van der Waals surface area contributed by atoms with E-state index in [4.69, 9.17) is 4.42 Å². The fraction of sp³-hybridized carbons (Fsp3) is 0.308. The molecule has 100 valence electrons. The zero-order chi connectivity index (χ0) is 13.5. The van der Waals surface area contributed by atoms with Crippen molar-refractivity contribution in [1.29, 1.82) is 0 Å². The quantitative estimate of drug-likeness (QED) is 0.800. The Hall–Kier alpha value is -2.05. The summed E-state index contributed by atoms with van der Waals surface area (Å²) in [5.74, 6) is -0.446. The first-order valence-corrected chi connectivity index (χ1v) is 6.21. The topological polar surface area (TPSA) is 69.5 Å². The number of oxazole rings is 1. The molecular weight excluding hydrogens is 246 g/mol. The molecule has 1 aromatic carbocycles. The molecule has 1 saturated heterocycles. The van der Waals surface area contributed by atoms with Crippen molar-refractivity contribution in [2.75, 3.05) is 31.1 Å². The third-order valence-electron chi connectivity index (χ3n) is 3.62. The third kappa shape index (κ3) is 2.05. The van der Waals surface area contributed by atoms with Crippen LogP contribution in [0.2, 0.25) is 0 Å². The molecule has 0 unspecified atom stereocenters. The number of fused-ring (bicyclic) bond motifs is 1. The first kappa shape index (κ1) is 12.0. The molecule has 1 fully saturated rings. The van der Waals surface area contributed by atoms with E-state index in [9.17, 15) is 10.0 Å². The van der Waals surface area contributed by atoms with Crippen LogP contribution in [0.1, 0.15) is 0 Å². The molecule has 0 aliphatic carbocycles. The van der Waals surface area contributed by atoms with Crippen LogP contribution in [0.3, 0.4) is 0 Å². The van der Waals surface area contributed by atoms with Gasteiger partial charge in [0, 0.05) is 0 Å². The summed E-state index contributed by atoms with van der Waals surface area (Å²) in [6, 6.07) is 5.61. The summed E-state index contributed by atoms with van der Waals surface area (Å²) in [4.78, 5) is 16.0. The van der Waals surface area contributed by atoms with Crippen LogP contribution < -0.4 is 10.7 Å². The van der Waals surface area contributed by atoms with E-state index in [0.717, 1.165) is 5.69 Å². The van der Waals surface area contributed by atoms with Gasteiger partial charge in [-0.3, -0.25) is 4.98 Å². The number of hydrogen-bond acceptors (Lipinski definition) is 4. The zero-order valence-corrected chi connectivity index (χ0v) is 10.5. The summed E-state index contributed by atoms with van der Waals surface area (Å²) in [7, 11) is 0. The van der Waals surface area contributed by atoms with Gasteiger partial charge in [-0.05, 0) is 18.7 Å². The molecule has 19 heavy (non-hydrogen) atoms. The molecule has 1 aromatic heterocycles. The van der Waals surface area contributed by atoms with E-state index in [2.05, 4.69) is 16.5 Å². The molecule has 2 N–H and O–H groups in total. The number of H-pyrrole nitrogens is 1. The van der Waals surface area contributed by atoms with Crippen molar-refractivity contribution in [3.05, 3.63) is 41.5 Å². The molecule has 6 heteroatoms. The van der Waals surface area contributed by atoms with Crippen LogP contribution in [0, 0.1) is 0 Å². The largest absolute Gasteiger partial charge is 0.417 e. The molecule has 6 nitrogen and oxygen atoms in total. The molecule has 0 radical (unpaired) electrons. The molecule has 3 rings (SSSR count). The minimum Gasteiger partial charge on any atom is -0.406 e. The van der Waals surface area contributed by atoms with E-state index >= 15 is 0 Å². The van der Waals surface area contributed by atoms with Crippen LogP contribution in [0.5, 0.6) is 0 Å². The summed E-state index contributed by atoms with van der Waals surface area (Å²) < 4.78 is 5.07. The van der Waals surface area contributed by atoms with Gasteiger partial charge in [0.1, 0.15) is 19.3 Å². The highest BCUT2D eigenvalue weighted by atomic mass is 16.5. The molecule has 2 heterocycles. The highest BCUT2D eigenvalue weighted by Crippen LogP contribution is 2.26. The monoisotopic (exact) mass is 262 g/mol. The number of aromatic nitrogens is 1. The van der Waals surface area contributed by atoms with Crippen molar-refractivity contribution < 1.29 is 14.3 Å². The number of aromatic amines is 1. The third-order valence-corrected chi connectivity index (χ3v) is 3.62. The summed E-state index contributed by atoms with van der Waals surface area (Å²) >= 11 is 0. The molecular formula is C13H16N3O3+. The molecule has 1 aliphatic heterocycles. The van der Waals surface area contributed by atoms with Gasteiger partial charge >= 0.3 is 5.76 Å². The van der Waals surface area contributed by atoms with Crippen molar-refractivity contribution in [3.8, 4) is 0 Å². The van der Waals surface area contributed by atoms with Gasteiger partial charge in [0.05, 0.1) is 24.3 Å². The smallest absolute Gasteiger partial charge is 0.406 e. The molecule has 0 atom stereocenters. The Bertz CT molecular complexity index is 665. The molecule has 0 amide bonds. The fourth-order valence-corrected chi connectivity index (χ4v) is 2.44. The number of anilines is 1. The number of benzene rings is 1. The van der Waals surface area contributed by atoms with Gasteiger partial charge in [0.25, 0.3) is 0 Å². The number of quaternary nitrogens is 1. The van der Waals surface area contributed by atoms with Gasteiger partial charge in [-0.25, -0.2) is 10.0 Å². The van der Waals surface area contributed by atoms with Crippen molar-refractivity contribution in [2.24, 2.45) is 0 Å². The summed E-state index contributed by atoms with van der Waals surface area (Å²) in [6.45, 7) is 6.13. The minimum atomic E-state index is -0.446. The Balaban J connectivity index is 1.94. The van der Waals surface area contributed by atoms with E-state index in [1.54, 1.807) is 6.20 Å². The van der Waals surface area contributed by atoms with E-state index in [-0.39, 0.29) is 4.65 Å². The second-order valence-corrected chi connectivity index (χ2v) is 4.77. The van der Waals surface area contributed by atoms with E-state index in [1.165, 1.54) is 0 Å². The maximum absolute atomic E-state index is 11.3. The highest BCUT2D eigenvalue weighted by molar-refractivity contribution is 5.86. The van der Waals surface area contributed by atoms with Gasteiger partial charge < -0.3 is 9.32 Å². The molecule has 0 bridgehead atoms. The number of para-hydroxylation sites is 1.